The Bertz CT molecular complexity index is 1350. The predicted octanol–water partition coefficient (Wildman–Crippen LogP) is 3.18. The number of hydrogen-bond acceptors (Lipinski definition) is 6. The zero-order valence-corrected chi connectivity index (χ0v) is 25.9. The number of hydrogen-bond donors (Lipinski definition) is 5. The largest absolute Gasteiger partial charge is 0.444 e. The van der Waals surface area contributed by atoms with E-state index in [-0.39, 0.29) is 43.6 Å². The average Bonchev–Trinajstić information content (AvgIpc) is 2.89. The molecule has 0 aliphatic carbocycles. The van der Waals surface area contributed by atoms with Crippen LogP contribution < -0.4 is 26.6 Å². The van der Waals surface area contributed by atoms with Gasteiger partial charge in [0.25, 0.3) is 5.91 Å². The fraction of sp³-hybridized carbons (Fsp3) is 0.452. The van der Waals surface area contributed by atoms with Crippen molar-refractivity contribution in [1.82, 2.24) is 26.6 Å². The highest BCUT2D eigenvalue weighted by Gasteiger charge is 2.26. The molecule has 0 heterocycles. The zero-order chi connectivity index (χ0) is 33.1. The van der Waals surface area contributed by atoms with Crippen molar-refractivity contribution in [3.63, 3.8) is 0 Å². The maximum atomic E-state index is 14.4. The average molecular weight is 618 g/mol. The van der Waals surface area contributed by atoms with Crippen LogP contribution in [0.25, 0.3) is 11.1 Å². The quantitative estimate of drug-likeness (QED) is 0.231. The lowest BCUT2D eigenvalue weighted by Crippen LogP contribution is -2.52. The summed E-state index contributed by atoms with van der Waals surface area (Å²) >= 11 is 0. The molecule has 44 heavy (non-hydrogen) atoms. The topological polar surface area (TPSA) is 155 Å². The molecule has 0 bridgehead atoms. The van der Waals surface area contributed by atoms with E-state index in [2.05, 4.69) is 26.6 Å². The van der Waals surface area contributed by atoms with Gasteiger partial charge in [-0.15, -0.1) is 0 Å². The Hall–Kier alpha value is -4.55. The summed E-state index contributed by atoms with van der Waals surface area (Å²) in [5.74, 6) is -3.87. The molecule has 2 aromatic rings. The first kappa shape index (κ1) is 35.6. The normalized spacial score (nSPS) is 12.0. The molecule has 0 aliphatic rings. The van der Waals surface area contributed by atoms with Crippen LogP contribution in [0.2, 0.25) is 0 Å². The summed E-state index contributed by atoms with van der Waals surface area (Å²) < 4.78 is 33.7. The molecule has 5 amide bonds. The molecule has 0 saturated heterocycles. The van der Waals surface area contributed by atoms with Gasteiger partial charge in [0.2, 0.25) is 17.7 Å². The molecule has 0 radical (unpaired) electrons. The van der Waals surface area contributed by atoms with Crippen LogP contribution >= 0.6 is 0 Å². The highest BCUT2D eigenvalue weighted by atomic mass is 19.1. The van der Waals surface area contributed by atoms with Crippen molar-refractivity contribution >= 4 is 29.7 Å². The van der Waals surface area contributed by atoms with Gasteiger partial charge >= 0.3 is 6.09 Å². The van der Waals surface area contributed by atoms with Gasteiger partial charge in [-0.1, -0.05) is 24.3 Å². The maximum absolute atomic E-state index is 14.4. The van der Waals surface area contributed by atoms with Gasteiger partial charge in [0, 0.05) is 37.2 Å². The third-order valence-corrected chi connectivity index (χ3v) is 5.68. The number of nitrogens with one attached hydrogen (secondary N) is 5. The molecule has 0 aromatic heterocycles. The number of rotatable bonds is 12. The molecular weight excluding hydrogens is 576 g/mol. The van der Waals surface area contributed by atoms with Crippen molar-refractivity contribution in [2.24, 2.45) is 0 Å². The minimum atomic E-state index is -1.25. The van der Waals surface area contributed by atoms with Crippen LogP contribution in [-0.4, -0.2) is 66.5 Å². The Balaban J connectivity index is 1.96. The maximum Gasteiger partial charge on any atom is 0.407 e. The fourth-order valence-corrected chi connectivity index (χ4v) is 3.87. The van der Waals surface area contributed by atoms with Gasteiger partial charge in [-0.05, 0) is 65.3 Å². The number of amides is 5. The summed E-state index contributed by atoms with van der Waals surface area (Å²) in [6, 6.07) is 8.31. The predicted molar refractivity (Wildman–Crippen MR) is 160 cm³/mol. The molecule has 13 heteroatoms. The lowest BCUT2D eigenvalue weighted by atomic mass is 10.0. The summed E-state index contributed by atoms with van der Waals surface area (Å²) in [5.41, 5.74) is -1.08. The van der Waals surface area contributed by atoms with E-state index in [1.165, 1.54) is 30.3 Å². The Morgan fingerprint density at radius 1 is 0.795 bits per heavy atom. The highest BCUT2D eigenvalue weighted by molar-refractivity contribution is 5.96. The lowest BCUT2D eigenvalue weighted by molar-refractivity contribution is -0.132. The number of carbonyl (C=O) groups excluding carboxylic acids is 5. The van der Waals surface area contributed by atoms with E-state index in [1.54, 1.807) is 47.6 Å². The molecule has 1 atom stereocenters. The second-order valence-corrected chi connectivity index (χ2v) is 12.0. The lowest BCUT2D eigenvalue weighted by Gasteiger charge is -2.23. The van der Waals surface area contributed by atoms with Crippen molar-refractivity contribution in [1.29, 1.82) is 0 Å². The van der Waals surface area contributed by atoms with Crippen molar-refractivity contribution < 1.29 is 37.5 Å². The van der Waals surface area contributed by atoms with E-state index in [0.717, 1.165) is 6.07 Å². The molecule has 2 rings (SSSR count). The van der Waals surface area contributed by atoms with Crippen molar-refractivity contribution in [3.05, 3.63) is 59.7 Å². The third kappa shape index (κ3) is 12.8. The zero-order valence-electron chi connectivity index (χ0n) is 25.9. The standard InChI is InChI=1S/C31H41F2N5O6/c1-30(2,3)38-26(40)18-24(37-25(39)13-14-36-29(43)44-31(4,5)6)28(42)35-16-15-34-27(41)21-17-19(11-12-23(21)33)20-9-7-8-10-22(20)32/h7-12,17,24H,13-16,18H2,1-6H3,(H,34,41)(H,35,42)(H,36,43)(H,37,39)(H,38,40)/t24-/m0/s1. The van der Waals surface area contributed by atoms with Crippen molar-refractivity contribution in [2.45, 2.75) is 71.6 Å². The van der Waals surface area contributed by atoms with E-state index < -0.39 is 58.5 Å². The number of halogens is 2. The molecule has 2 aromatic carbocycles. The molecule has 5 N–H and O–H groups in total. The second-order valence-electron chi connectivity index (χ2n) is 12.0. The molecular formula is C31H41F2N5O6. The minimum absolute atomic E-state index is 0.0655. The van der Waals surface area contributed by atoms with Gasteiger partial charge in [-0.3, -0.25) is 19.2 Å². The monoisotopic (exact) mass is 617 g/mol. The molecule has 0 unspecified atom stereocenters. The first-order valence-electron chi connectivity index (χ1n) is 14.1. The molecule has 0 spiro atoms. The van der Waals surface area contributed by atoms with Crippen LogP contribution in [-0.2, 0) is 19.1 Å². The third-order valence-electron chi connectivity index (χ3n) is 5.68. The van der Waals surface area contributed by atoms with Crippen LogP contribution in [0.15, 0.2) is 42.5 Å². The van der Waals surface area contributed by atoms with E-state index >= 15 is 0 Å². The first-order chi connectivity index (χ1) is 20.4. The van der Waals surface area contributed by atoms with E-state index in [1.807, 2.05) is 0 Å². The van der Waals surface area contributed by atoms with Crippen LogP contribution in [0.1, 0.15) is 64.7 Å². The fourth-order valence-electron chi connectivity index (χ4n) is 3.87. The highest BCUT2D eigenvalue weighted by Crippen LogP contribution is 2.24. The van der Waals surface area contributed by atoms with Gasteiger partial charge in [0.1, 0.15) is 23.3 Å². The molecule has 0 aliphatic heterocycles. The van der Waals surface area contributed by atoms with Crippen LogP contribution in [0.4, 0.5) is 13.6 Å². The molecule has 240 valence electrons. The van der Waals surface area contributed by atoms with Crippen LogP contribution in [0.5, 0.6) is 0 Å². The smallest absolute Gasteiger partial charge is 0.407 e. The molecule has 11 nitrogen and oxygen atoms in total. The van der Waals surface area contributed by atoms with Gasteiger partial charge < -0.3 is 31.3 Å². The summed E-state index contributed by atoms with van der Waals surface area (Å²) in [6.07, 6.45) is -1.25. The summed E-state index contributed by atoms with van der Waals surface area (Å²) in [4.78, 5) is 62.4. The first-order valence-corrected chi connectivity index (χ1v) is 14.1. The number of alkyl carbamates (subject to hydrolysis) is 1. The Morgan fingerprint density at radius 3 is 2.09 bits per heavy atom. The summed E-state index contributed by atoms with van der Waals surface area (Å²) in [7, 11) is 0. The SMILES string of the molecule is CC(C)(C)NC(=O)C[C@H](NC(=O)CCNC(=O)OC(C)(C)C)C(=O)NCCNC(=O)c1cc(-c2ccccc2F)ccc1F. The van der Waals surface area contributed by atoms with Gasteiger partial charge in [-0.25, -0.2) is 13.6 Å². The van der Waals surface area contributed by atoms with Crippen LogP contribution in [0, 0.1) is 11.6 Å². The van der Waals surface area contributed by atoms with Crippen molar-refractivity contribution in [2.75, 3.05) is 19.6 Å². The van der Waals surface area contributed by atoms with Crippen LogP contribution in [0.3, 0.4) is 0 Å². The van der Waals surface area contributed by atoms with E-state index in [9.17, 15) is 32.8 Å². The molecule has 0 fully saturated rings. The minimum Gasteiger partial charge on any atom is -0.444 e. The Kier molecular flexibility index (Phi) is 12.8. The number of carbonyl (C=O) groups is 5. The summed E-state index contributed by atoms with van der Waals surface area (Å²) in [5, 5.41) is 12.7. The Morgan fingerprint density at radius 2 is 1.45 bits per heavy atom. The van der Waals surface area contributed by atoms with Crippen molar-refractivity contribution in [3.8, 4) is 11.1 Å². The van der Waals surface area contributed by atoms with Gasteiger partial charge in [0.05, 0.1) is 12.0 Å². The summed E-state index contributed by atoms with van der Waals surface area (Å²) in [6.45, 7) is 10.1. The number of benzene rings is 2. The Labute approximate surface area is 255 Å². The number of ether oxygens (including phenoxy) is 1. The van der Waals surface area contributed by atoms with E-state index in [0.29, 0.717) is 5.56 Å². The molecule has 0 saturated carbocycles. The second kappa shape index (κ2) is 15.8. The van der Waals surface area contributed by atoms with Gasteiger partial charge in [0.15, 0.2) is 0 Å². The van der Waals surface area contributed by atoms with E-state index in [4.69, 9.17) is 4.74 Å². The van der Waals surface area contributed by atoms with Gasteiger partial charge in [-0.2, -0.15) is 0 Å².